The van der Waals surface area contributed by atoms with Crippen molar-refractivity contribution >= 4 is 17.8 Å². The smallest absolute Gasteiger partial charge is 0.128 e. The van der Waals surface area contributed by atoms with Gasteiger partial charge in [-0.2, -0.15) is 0 Å². The molecule has 4 heteroatoms. The number of nitrogens with zero attached hydrogens (tertiary/aromatic N) is 1. The highest BCUT2D eigenvalue weighted by Gasteiger charge is 2.03. The quantitative estimate of drug-likeness (QED) is 0.518. The zero-order valence-corrected chi connectivity index (χ0v) is 10.3. The largest absolute Gasteiger partial charge is 0.488 e. The van der Waals surface area contributed by atoms with E-state index in [0.29, 0.717) is 22.9 Å². The van der Waals surface area contributed by atoms with Crippen molar-refractivity contribution in [2.75, 3.05) is 0 Å². The minimum Gasteiger partial charge on any atom is -0.488 e. The summed E-state index contributed by atoms with van der Waals surface area (Å²) in [6, 6.07) is 15.0. The van der Waals surface area contributed by atoms with Gasteiger partial charge in [0.15, 0.2) is 0 Å². The fourth-order valence-electron chi connectivity index (χ4n) is 1.55. The molecule has 0 atom stereocenters. The van der Waals surface area contributed by atoms with Crippen molar-refractivity contribution in [3.63, 3.8) is 0 Å². The van der Waals surface area contributed by atoms with E-state index < -0.39 is 0 Å². The molecule has 92 valence electrons. The van der Waals surface area contributed by atoms with Crippen molar-refractivity contribution in [1.82, 2.24) is 0 Å². The van der Waals surface area contributed by atoms with Gasteiger partial charge in [-0.1, -0.05) is 47.1 Å². The van der Waals surface area contributed by atoms with Crippen LogP contribution in [0.5, 0.6) is 5.75 Å². The van der Waals surface area contributed by atoms with Crippen molar-refractivity contribution in [3.8, 4) is 5.75 Å². The SMILES string of the molecule is O/N=C\c1cc(Cl)ccc1OCc1ccccc1. The van der Waals surface area contributed by atoms with Crippen molar-refractivity contribution in [2.45, 2.75) is 6.61 Å². The standard InChI is InChI=1S/C14H12ClNO2/c15-13-6-7-14(12(8-13)9-16-17)18-10-11-4-2-1-3-5-11/h1-9,17H,10H2/b16-9-. The van der Waals surface area contributed by atoms with E-state index in [9.17, 15) is 0 Å². The molecule has 0 amide bonds. The summed E-state index contributed by atoms with van der Waals surface area (Å²) in [5.74, 6) is 0.626. The summed E-state index contributed by atoms with van der Waals surface area (Å²) in [5.41, 5.74) is 1.71. The molecular weight excluding hydrogens is 250 g/mol. The van der Waals surface area contributed by atoms with E-state index in [1.807, 2.05) is 30.3 Å². The van der Waals surface area contributed by atoms with E-state index in [1.165, 1.54) is 6.21 Å². The van der Waals surface area contributed by atoms with Crippen molar-refractivity contribution in [1.29, 1.82) is 0 Å². The highest BCUT2D eigenvalue weighted by Crippen LogP contribution is 2.22. The number of ether oxygens (including phenoxy) is 1. The van der Waals surface area contributed by atoms with Gasteiger partial charge in [0.05, 0.1) is 6.21 Å². The van der Waals surface area contributed by atoms with Gasteiger partial charge in [-0.3, -0.25) is 0 Å². The minimum absolute atomic E-state index is 0.453. The van der Waals surface area contributed by atoms with Crippen molar-refractivity contribution in [2.24, 2.45) is 5.16 Å². The van der Waals surface area contributed by atoms with Crippen LogP contribution in [0.3, 0.4) is 0 Å². The molecule has 1 N–H and O–H groups in total. The third-order valence-corrected chi connectivity index (χ3v) is 2.64. The first-order valence-corrected chi connectivity index (χ1v) is 5.81. The van der Waals surface area contributed by atoms with Gasteiger partial charge in [-0.25, -0.2) is 0 Å². The highest BCUT2D eigenvalue weighted by molar-refractivity contribution is 6.30. The Morgan fingerprint density at radius 3 is 2.67 bits per heavy atom. The fourth-order valence-corrected chi connectivity index (χ4v) is 1.73. The molecule has 0 aromatic heterocycles. The zero-order chi connectivity index (χ0) is 12.8. The predicted octanol–water partition coefficient (Wildman–Crippen LogP) is 3.73. The number of rotatable bonds is 4. The molecule has 0 unspecified atom stereocenters. The molecule has 0 radical (unpaired) electrons. The predicted molar refractivity (Wildman–Crippen MR) is 71.6 cm³/mol. The van der Waals surface area contributed by atoms with Crippen LogP contribution in [0, 0.1) is 0 Å². The van der Waals surface area contributed by atoms with Crippen LogP contribution < -0.4 is 4.74 Å². The Balaban J connectivity index is 2.14. The van der Waals surface area contributed by atoms with E-state index in [-0.39, 0.29) is 0 Å². The zero-order valence-electron chi connectivity index (χ0n) is 9.58. The first-order valence-electron chi connectivity index (χ1n) is 5.43. The van der Waals surface area contributed by atoms with E-state index >= 15 is 0 Å². The van der Waals surface area contributed by atoms with Crippen LogP contribution in [0.15, 0.2) is 53.7 Å². The molecule has 2 aromatic carbocycles. The maximum Gasteiger partial charge on any atom is 0.128 e. The fraction of sp³-hybridized carbons (Fsp3) is 0.0714. The number of hydrogen-bond donors (Lipinski definition) is 1. The van der Waals surface area contributed by atoms with Gasteiger partial charge in [0.1, 0.15) is 12.4 Å². The number of benzene rings is 2. The monoisotopic (exact) mass is 261 g/mol. The third kappa shape index (κ3) is 3.25. The molecule has 2 rings (SSSR count). The summed E-state index contributed by atoms with van der Waals surface area (Å²) in [4.78, 5) is 0. The summed E-state index contributed by atoms with van der Waals surface area (Å²) in [5, 5.41) is 12.2. The lowest BCUT2D eigenvalue weighted by Crippen LogP contribution is -1.98. The average Bonchev–Trinajstić information content (AvgIpc) is 2.39. The first kappa shape index (κ1) is 12.5. The molecule has 0 aliphatic rings. The van der Waals surface area contributed by atoms with E-state index in [1.54, 1.807) is 18.2 Å². The molecule has 0 spiro atoms. The molecule has 18 heavy (non-hydrogen) atoms. The molecule has 0 aliphatic heterocycles. The van der Waals surface area contributed by atoms with E-state index in [2.05, 4.69) is 5.16 Å². The Hall–Kier alpha value is -2.00. The summed E-state index contributed by atoms with van der Waals surface area (Å²) >= 11 is 5.87. The first-order chi connectivity index (χ1) is 8.79. The van der Waals surface area contributed by atoms with Crippen molar-refractivity contribution in [3.05, 3.63) is 64.7 Å². The minimum atomic E-state index is 0.453. The lowest BCUT2D eigenvalue weighted by Gasteiger charge is -2.09. The lowest BCUT2D eigenvalue weighted by atomic mass is 10.2. The Morgan fingerprint density at radius 1 is 1.17 bits per heavy atom. The normalized spacial score (nSPS) is 10.7. The van der Waals surface area contributed by atoms with Gasteiger partial charge in [-0.05, 0) is 23.8 Å². The van der Waals surface area contributed by atoms with E-state index in [4.69, 9.17) is 21.5 Å². The van der Waals surface area contributed by atoms with Crippen LogP contribution in [-0.2, 0) is 6.61 Å². The molecule has 0 heterocycles. The van der Waals surface area contributed by atoms with Crippen LogP contribution in [0.1, 0.15) is 11.1 Å². The van der Waals surface area contributed by atoms with Gasteiger partial charge >= 0.3 is 0 Å². The summed E-state index contributed by atoms with van der Waals surface area (Å²) in [7, 11) is 0. The Morgan fingerprint density at radius 2 is 1.94 bits per heavy atom. The maximum absolute atomic E-state index is 8.59. The molecule has 0 saturated carbocycles. The molecule has 0 saturated heterocycles. The number of halogens is 1. The van der Waals surface area contributed by atoms with Crippen LogP contribution >= 0.6 is 11.6 Å². The maximum atomic E-state index is 8.59. The molecule has 0 bridgehead atoms. The Labute approximate surface area is 110 Å². The van der Waals surface area contributed by atoms with Crippen LogP contribution in [-0.4, -0.2) is 11.4 Å². The van der Waals surface area contributed by atoms with Gasteiger partial charge in [0, 0.05) is 10.6 Å². The average molecular weight is 262 g/mol. The number of oxime groups is 1. The third-order valence-electron chi connectivity index (χ3n) is 2.41. The second-order valence-corrected chi connectivity index (χ2v) is 4.14. The molecule has 0 fully saturated rings. The van der Waals surface area contributed by atoms with Gasteiger partial charge in [0.25, 0.3) is 0 Å². The summed E-state index contributed by atoms with van der Waals surface area (Å²) in [6.07, 6.45) is 1.30. The lowest BCUT2D eigenvalue weighted by molar-refractivity contribution is 0.304. The summed E-state index contributed by atoms with van der Waals surface area (Å²) < 4.78 is 5.67. The van der Waals surface area contributed by atoms with Crippen molar-refractivity contribution < 1.29 is 9.94 Å². The molecule has 2 aromatic rings. The molecule has 0 aliphatic carbocycles. The number of hydrogen-bond acceptors (Lipinski definition) is 3. The second kappa shape index (κ2) is 6.07. The summed E-state index contributed by atoms with van der Waals surface area (Å²) in [6.45, 7) is 0.453. The Bertz CT molecular complexity index is 541. The Kier molecular flexibility index (Phi) is 4.20. The van der Waals surface area contributed by atoms with Crippen LogP contribution in [0.25, 0.3) is 0 Å². The molecule has 3 nitrogen and oxygen atoms in total. The van der Waals surface area contributed by atoms with E-state index in [0.717, 1.165) is 5.56 Å². The van der Waals surface area contributed by atoms with Gasteiger partial charge < -0.3 is 9.94 Å². The molecular formula is C14H12ClNO2. The van der Waals surface area contributed by atoms with Crippen LogP contribution in [0.4, 0.5) is 0 Å². The highest BCUT2D eigenvalue weighted by atomic mass is 35.5. The topological polar surface area (TPSA) is 41.8 Å². The van der Waals surface area contributed by atoms with Gasteiger partial charge in [-0.15, -0.1) is 0 Å². The second-order valence-electron chi connectivity index (χ2n) is 3.70. The van der Waals surface area contributed by atoms with Crippen LogP contribution in [0.2, 0.25) is 5.02 Å². The van der Waals surface area contributed by atoms with Gasteiger partial charge in [0.2, 0.25) is 0 Å².